The molecule has 2 aromatic carbocycles. The molecule has 0 radical (unpaired) electrons. The molecule has 0 amide bonds. The first-order valence-electron chi connectivity index (χ1n) is 6.10. The molecule has 21 heavy (non-hydrogen) atoms. The fourth-order valence-electron chi connectivity index (χ4n) is 2.08. The van der Waals surface area contributed by atoms with Crippen molar-refractivity contribution < 1.29 is 9.47 Å². The van der Waals surface area contributed by atoms with Crippen molar-refractivity contribution >= 4 is 39.1 Å². The zero-order valence-corrected chi connectivity index (χ0v) is 14.6. The summed E-state index contributed by atoms with van der Waals surface area (Å²) in [5.74, 6) is 1.02. The first kappa shape index (κ1) is 16.4. The molecule has 0 aliphatic carbocycles. The van der Waals surface area contributed by atoms with Gasteiger partial charge in [0, 0.05) is 15.1 Å². The fourth-order valence-corrected chi connectivity index (χ4v) is 3.02. The van der Waals surface area contributed by atoms with Crippen LogP contribution in [-0.4, -0.2) is 14.2 Å². The lowest BCUT2D eigenvalue weighted by Gasteiger charge is -2.19. The third-order valence-electron chi connectivity index (χ3n) is 3.14. The highest BCUT2D eigenvalue weighted by Crippen LogP contribution is 2.41. The van der Waals surface area contributed by atoms with E-state index in [9.17, 15) is 0 Å². The minimum atomic E-state index is -0.464. The van der Waals surface area contributed by atoms with E-state index in [1.54, 1.807) is 26.4 Å². The van der Waals surface area contributed by atoms with E-state index in [1.807, 2.05) is 18.2 Å². The molecule has 0 aromatic heterocycles. The van der Waals surface area contributed by atoms with Gasteiger partial charge in [0.1, 0.15) is 16.5 Å². The monoisotopic (exact) mass is 389 g/mol. The van der Waals surface area contributed by atoms with Gasteiger partial charge in [-0.3, -0.25) is 0 Å². The lowest BCUT2D eigenvalue weighted by molar-refractivity contribution is 0.390. The van der Waals surface area contributed by atoms with Crippen LogP contribution in [0.3, 0.4) is 0 Å². The number of halogens is 3. The Hall–Kier alpha value is -0.940. The standard InChI is InChI=1S/C15H14BrCl2NO2/c1-20-12-6-4-9(15(21-2)13(12)18)14(19)10-7-8(16)3-5-11(10)17/h3-7,14H,19H2,1-2H3. The summed E-state index contributed by atoms with van der Waals surface area (Å²) >= 11 is 15.9. The topological polar surface area (TPSA) is 44.5 Å². The first-order chi connectivity index (χ1) is 9.99. The molecular weight excluding hydrogens is 377 g/mol. The molecule has 0 saturated heterocycles. The van der Waals surface area contributed by atoms with Crippen molar-refractivity contribution in [3.05, 3.63) is 56.0 Å². The van der Waals surface area contributed by atoms with Gasteiger partial charge in [0.2, 0.25) is 0 Å². The van der Waals surface area contributed by atoms with Gasteiger partial charge in [-0.1, -0.05) is 39.1 Å². The summed E-state index contributed by atoms with van der Waals surface area (Å²) in [5, 5.41) is 0.971. The van der Waals surface area contributed by atoms with Crippen LogP contribution in [0, 0.1) is 0 Å². The Morgan fingerprint density at radius 1 is 1.05 bits per heavy atom. The second kappa shape index (κ2) is 6.88. The normalized spacial score (nSPS) is 12.1. The highest BCUT2D eigenvalue weighted by Gasteiger charge is 2.21. The van der Waals surface area contributed by atoms with Gasteiger partial charge in [0.25, 0.3) is 0 Å². The molecule has 0 bridgehead atoms. The van der Waals surface area contributed by atoms with Crippen LogP contribution in [0.1, 0.15) is 17.2 Å². The number of hydrogen-bond acceptors (Lipinski definition) is 3. The average molecular weight is 391 g/mol. The van der Waals surface area contributed by atoms with E-state index in [1.165, 1.54) is 0 Å². The number of benzene rings is 2. The Morgan fingerprint density at radius 2 is 1.76 bits per heavy atom. The van der Waals surface area contributed by atoms with Gasteiger partial charge >= 0.3 is 0 Å². The van der Waals surface area contributed by atoms with Gasteiger partial charge in [-0.2, -0.15) is 0 Å². The summed E-state index contributed by atoms with van der Waals surface area (Å²) < 4.78 is 11.5. The smallest absolute Gasteiger partial charge is 0.146 e. The maximum atomic E-state index is 6.34. The van der Waals surface area contributed by atoms with Gasteiger partial charge in [-0.15, -0.1) is 0 Å². The maximum absolute atomic E-state index is 6.34. The zero-order valence-electron chi connectivity index (χ0n) is 11.5. The van der Waals surface area contributed by atoms with Crippen molar-refractivity contribution in [1.29, 1.82) is 0 Å². The van der Waals surface area contributed by atoms with Crippen LogP contribution in [0.15, 0.2) is 34.8 Å². The summed E-state index contributed by atoms with van der Waals surface area (Å²) in [5.41, 5.74) is 7.86. The zero-order chi connectivity index (χ0) is 15.6. The summed E-state index contributed by atoms with van der Waals surface area (Å²) in [6.45, 7) is 0. The Kier molecular flexibility index (Phi) is 5.38. The molecule has 2 aromatic rings. The van der Waals surface area contributed by atoms with Crippen molar-refractivity contribution in [2.45, 2.75) is 6.04 Å². The van der Waals surface area contributed by atoms with Gasteiger partial charge in [-0.05, 0) is 35.9 Å². The van der Waals surface area contributed by atoms with Crippen molar-refractivity contribution in [3.8, 4) is 11.5 Å². The largest absolute Gasteiger partial charge is 0.495 e. The summed E-state index contributed by atoms with van der Waals surface area (Å²) in [6.07, 6.45) is 0. The number of nitrogens with two attached hydrogens (primary N) is 1. The minimum Gasteiger partial charge on any atom is -0.495 e. The molecule has 3 nitrogen and oxygen atoms in total. The van der Waals surface area contributed by atoms with Crippen LogP contribution in [-0.2, 0) is 0 Å². The van der Waals surface area contributed by atoms with E-state index in [0.717, 1.165) is 15.6 Å². The number of methoxy groups -OCH3 is 2. The second-order valence-electron chi connectivity index (χ2n) is 4.35. The Morgan fingerprint density at radius 3 is 2.38 bits per heavy atom. The Labute approximate surface area is 142 Å². The average Bonchev–Trinajstić information content (AvgIpc) is 2.48. The predicted molar refractivity (Wildman–Crippen MR) is 89.7 cm³/mol. The van der Waals surface area contributed by atoms with E-state index >= 15 is 0 Å². The molecule has 1 unspecified atom stereocenters. The summed E-state index contributed by atoms with van der Waals surface area (Å²) in [4.78, 5) is 0. The predicted octanol–water partition coefficient (Wildman–Crippen LogP) is 4.82. The third-order valence-corrected chi connectivity index (χ3v) is 4.34. The fraction of sp³-hybridized carbons (Fsp3) is 0.200. The lowest BCUT2D eigenvalue weighted by atomic mass is 9.98. The summed E-state index contributed by atoms with van der Waals surface area (Å²) in [7, 11) is 3.09. The molecule has 0 saturated carbocycles. The van der Waals surface area contributed by atoms with Crippen LogP contribution in [0.4, 0.5) is 0 Å². The van der Waals surface area contributed by atoms with Gasteiger partial charge in [-0.25, -0.2) is 0 Å². The molecule has 2 rings (SSSR count). The van der Waals surface area contributed by atoms with Crippen LogP contribution in [0.5, 0.6) is 11.5 Å². The Bertz CT molecular complexity index is 664. The molecule has 0 aliphatic heterocycles. The maximum Gasteiger partial charge on any atom is 0.146 e. The molecule has 1 atom stereocenters. The minimum absolute atomic E-state index is 0.388. The van der Waals surface area contributed by atoms with Gasteiger partial charge in [0.05, 0.1) is 20.3 Å². The first-order valence-corrected chi connectivity index (χ1v) is 7.65. The number of ether oxygens (including phenoxy) is 2. The molecule has 6 heteroatoms. The number of rotatable bonds is 4. The van der Waals surface area contributed by atoms with Crippen molar-refractivity contribution in [2.75, 3.05) is 14.2 Å². The lowest BCUT2D eigenvalue weighted by Crippen LogP contribution is -2.14. The molecule has 0 heterocycles. The molecule has 0 aliphatic rings. The van der Waals surface area contributed by atoms with E-state index in [-0.39, 0.29) is 0 Å². The highest BCUT2D eigenvalue weighted by atomic mass is 79.9. The molecule has 0 fully saturated rings. The van der Waals surface area contributed by atoms with Crippen LogP contribution < -0.4 is 15.2 Å². The van der Waals surface area contributed by atoms with E-state index in [0.29, 0.717) is 21.5 Å². The highest BCUT2D eigenvalue weighted by molar-refractivity contribution is 9.10. The Balaban J connectivity index is 2.55. The third kappa shape index (κ3) is 3.29. The van der Waals surface area contributed by atoms with Crippen LogP contribution in [0.2, 0.25) is 10.0 Å². The molecule has 0 spiro atoms. The van der Waals surface area contributed by atoms with Gasteiger partial charge < -0.3 is 15.2 Å². The number of hydrogen-bond donors (Lipinski definition) is 1. The van der Waals surface area contributed by atoms with E-state index < -0.39 is 6.04 Å². The quantitative estimate of drug-likeness (QED) is 0.813. The van der Waals surface area contributed by atoms with Crippen LogP contribution >= 0.6 is 39.1 Å². The van der Waals surface area contributed by atoms with E-state index in [4.69, 9.17) is 38.4 Å². The second-order valence-corrected chi connectivity index (χ2v) is 6.05. The van der Waals surface area contributed by atoms with Crippen LogP contribution in [0.25, 0.3) is 0 Å². The van der Waals surface area contributed by atoms with Gasteiger partial charge in [0.15, 0.2) is 0 Å². The SMILES string of the molecule is COc1ccc(C(N)c2cc(Br)ccc2Cl)c(OC)c1Cl. The molecule has 112 valence electrons. The molecular formula is C15H14BrCl2NO2. The van der Waals surface area contributed by atoms with Crippen molar-refractivity contribution in [1.82, 2.24) is 0 Å². The molecule has 2 N–H and O–H groups in total. The van der Waals surface area contributed by atoms with E-state index in [2.05, 4.69) is 15.9 Å². The van der Waals surface area contributed by atoms with Crippen molar-refractivity contribution in [2.24, 2.45) is 5.73 Å². The van der Waals surface area contributed by atoms with Crippen molar-refractivity contribution in [3.63, 3.8) is 0 Å². The summed E-state index contributed by atoms with van der Waals surface area (Å²) in [6, 6.07) is 8.64.